The summed E-state index contributed by atoms with van der Waals surface area (Å²) in [5.41, 5.74) is 3.71. The fourth-order valence-electron chi connectivity index (χ4n) is 2.94. The van der Waals surface area contributed by atoms with Crippen LogP contribution in [0.5, 0.6) is 0 Å². The summed E-state index contributed by atoms with van der Waals surface area (Å²) in [5.74, 6) is -0.0220. The summed E-state index contributed by atoms with van der Waals surface area (Å²) in [6, 6.07) is 19.8. The van der Waals surface area contributed by atoms with E-state index in [9.17, 15) is 4.79 Å². The number of fused-ring (bicyclic) bond motifs is 1. The molecule has 4 rings (SSSR count). The van der Waals surface area contributed by atoms with Crippen LogP contribution in [0, 0.1) is 0 Å². The number of benzene rings is 2. The van der Waals surface area contributed by atoms with Crippen molar-refractivity contribution < 1.29 is 4.79 Å². The van der Waals surface area contributed by atoms with Gasteiger partial charge in [0.2, 0.25) is 5.91 Å². The fraction of sp³-hybridized carbons (Fsp3) is 0.174. The van der Waals surface area contributed by atoms with Crippen molar-refractivity contribution in [3.63, 3.8) is 0 Å². The summed E-state index contributed by atoms with van der Waals surface area (Å²) >= 11 is 3.39. The Morgan fingerprint density at radius 3 is 2.52 bits per heavy atom. The van der Waals surface area contributed by atoms with Crippen LogP contribution >= 0.6 is 23.1 Å². The lowest BCUT2D eigenvalue weighted by Crippen LogP contribution is -2.14. The van der Waals surface area contributed by atoms with Crippen LogP contribution in [-0.4, -0.2) is 21.1 Å². The quantitative estimate of drug-likeness (QED) is 0.387. The highest BCUT2D eigenvalue weighted by Gasteiger charge is 2.08. The van der Waals surface area contributed by atoms with Gasteiger partial charge in [0.1, 0.15) is 15.4 Å². The molecule has 2 heterocycles. The normalized spacial score (nSPS) is 11.1. The molecule has 0 atom stereocenters. The first kappa shape index (κ1) is 19.6. The maximum Gasteiger partial charge on any atom is 0.228 e. The maximum atomic E-state index is 12.4. The highest BCUT2D eigenvalue weighted by Crippen LogP contribution is 2.29. The molecule has 29 heavy (non-hydrogen) atoms. The molecule has 0 radical (unpaired) electrons. The zero-order valence-electron chi connectivity index (χ0n) is 16.3. The van der Waals surface area contributed by atoms with Gasteiger partial charge in [-0.3, -0.25) is 4.79 Å². The van der Waals surface area contributed by atoms with E-state index in [2.05, 4.69) is 41.3 Å². The third kappa shape index (κ3) is 5.02. The van der Waals surface area contributed by atoms with Crippen LogP contribution in [0.4, 0.5) is 5.69 Å². The highest BCUT2D eigenvalue weighted by atomic mass is 32.2. The SMILES string of the molecule is CC(C)Sc1ccc(CC(=O)Nc2ccc(-c3nc4cccnc4s3)cc2)cc1. The Bertz CT molecular complexity index is 1090. The predicted octanol–water partition coefficient (Wildman–Crippen LogP) is 6.04. The third-order valence-electron chi connectivity index (χ3n) is 4.24. The number of thiazole rings is 1. The molecule has 0 saturated carbocycles. The number of anilines is 1. The fourth-order valence-corrected chi connectivity index (χ4v) is 4.69. The average Bonchev–Trinajstić information content (AvgIpc) is 3.14. The first-order valence-electron chi connectivity index (χ1n) is 9.44. The van der Waals surface area contributed by atoms with E-state index in [4.69, 9.17) is 0 Å². The van der Waals surface area contributed by atoms with E-state index in [0.29, 0.717) is 11.7 Å². The van der Waals surface area contributed by atoms with E-state index >= 15 is 0 Å². The van der Waals surface area contributed by atoms with Crippen LogP contribution in [0.1, 0.15) is 19.4 Å². The van der Waals surface area contributed by atoms with Gasteiger partial charge >= 0.3 is 0 Å². The highest BCUT2D eigenvalue weighted by molar-refractivity contribution is 7.99. The van der Waals surface area contributed by atoms with Crippen LogP contribution < -0.4 is 5.32 Å². The molecule has 0 aliphatic rings. The number of pyridine rings is 1. The minimum Gasteiger partial charge on any atom is -0.326 e. The van der Waals surface area contributed by atoms with Crippen molar-refractivity contribution in [3.05, 3.63) is 72.4 Å². The number of carbonyl (C=O) groups excluding carboxylic acids is 1. The Morgan fingerprint density at radius 2 is 1.83 bits per heavy atom. The summed E-state index contributed by atoms with van der Waals surface area (Å²) in [4.78, 5) is 23.5. The molecule has 1 amide bonds. The second-order valence-corrected chi connectivity index (χ2v) is 9.59. The van der Waals surface area contributed by atoms with Crippen LogP contribution in [0.2, 0.25) is 0 Å². The zero-order valence-corrected chi connectivity index (χ0v) is 17.9. The second-order valence-electron chi connectivity index (χ2n) is 6.96. The minimum atomic E-state index is -0.0220. The summed E-state index contributed by atoms with van der Waals surface area (Å²) in [6.07, 6.45) is 2.14. The van der Waals surface area contributed by atoms with Gasteiger partial charge in [-0.05, 0) is 54.1 Å². The molecule has 146 valence electrons. The molecule has 2 aromatic heterocycles. The molecule has 2 aromatic carbocycles. The number of hydrogen-bond acceptors (Lipinski definition) is 5. The molecular weight excluding hydrogens is 398 g/mol. The van der Waals surface area contributed by atoms with Crippen LogP contribution in [0.15, 0.2) is 71.8 Å². The van der Waals surface area contributed by atoms with Crippen molar-refractivity contribution in [2.75, 3.05) is 5.32 Å². The topological polar surface area (TPSA) is 54.9 Å². The van der Waals surface area contributed by atoms with Gasteiger partial charge in [-0.25, -0.2) is 9.97 Å². The first-order chi connectivity index (χ1) is 14.1. The molecule has 0 unspecified atom stereocenters. The molecule has 0 bridgehead atoms. The monoisotopic (exact) mass is 419 g/mol. The van der Waals surface area contributed by atoms with Gasteiger partial charge in [0, 0.05) is 27.6 Å². The van der Waals surface area contributed by atoms with E-state index in [-0.39, 0.29) is 5.91 Å². The molecule has 1 N–H and O–H groups in total. The van der Waals surface area contributed by atoms with E-state index < -0.39 is 0 Å². The standard InChI is InChI=1S/C23H21N3OS2/c1-15(2)28-19-11-5-16(6-12-19)14-21(27)25-18-9-7-17(8-10-18)22-26-20-4-3-13-24-23(20)29-22/h3-13,15H,14H2,1-2H3,(H,25,27). The van der Waals surface area contributed by atoms with Gasteiger partial charge in [-0.15, -0.1) is 11.8 Å². The van der Waals surface area contributed by atoms with Crippen molar-refractivity contribution >= 4 is 45.0 Å². The van der Waals surface area contributed by atoms with Gasteiger partial charge in [0.25, 0.3) is 0 Å². The van der Waals surface area contributed by atoms with Crippen LogP contribution in [0.25, 0.3) is 20.9 Å². The summed E-state index contributed by atoms with van der Waals surface area (Å²) in [5, 5.41) is 4.44. The number of amides is 1. The first-order valence-corrected chi connectivity index (χ1v) is 11.1. The number of nitrogens with one attached hydrogen (secondary N) is 1. The predicted molar refractivity (Wildman–Crippen MR) is 123 cm³/mol. The molecule has 4 nitrogen and oxygen atoms in total. The van der Waals surface area contributed by atoms with Gasteiger partial charge in [0.05, 0.1) is 6.42 Å². The Labute approximate surface area is 178 Å². The maximum absolute atomic E-state index is 12.4. The van der Waals surface area contributed by atoms with Crippen LogP contribution in [-0.2, 0) is 11.2 Å². The Balaban J connectivity index is 1.38. The van der Waals surface area contributed by atoms with Crippen molar-refractivity contribution in [3.8, 4) is 10.6 Å². The van der Waals surface area contributed by atoms with Crippen molar-refractivity contribution in [1.82, 2.24) is 9.97 Å². The molecule has 0 spiro atoms. The van der Waals surface area contributed by atoms with E-state index in [1.54, 1.807) is 17.5 Å². The number of aromatic nitrogens is 2. The summed E-state index contributed by atoms with van der Waals surface area (Å²) in [7, 11) is 0. The number of thioether (sulfide) groups is 1. The average molecular weight is 420 g/mol. The van der Waals surface area contributed by atoms with Crippen LogP contribution in [0.3, 0.4) is 0 Å². The lowest BCUT2D eigenvalue weighted by molar-refractivity contribution is -0.115. The summed E-state index contributed by atoms with van der Waals surface area (Å²) < 4.78 is 0. The van der Waals surface area contributed by atoms with E-state index in [0.717, 1.165) is 32.2 Å². The number of hydrogen-bond donors (Lipinski definition) is 1. The van der Waals surface area contributed by atoms with Gasteiger partial charge < -0.3 is 5.32 Å². The molecule has 4 aromatic rings. The second kappa shape index (κ2) is 8.76. The molecule has 6 heteroatoms. The Hall–Kier alpha value is -2.70. The van der Waals surface area contributed by atoms with Crippen molar-refractivity contribution in [1.29, 1.82) is 0 Å². The molecular formula is C23H21N3OS2. The molecule has 0 aliphatic heterocycles. The lowest BCUT2D eigenvalue weighted by atomic mass is 10.1. The number of nitrogens with zero attached hydrogens (tertiary/aromatic N) is 2. The number of carbonyl (C=O) groups is 1. The molecule has 0 saturated heterocycles. The van der Waals surface area contributed by atoms with Gasteiger partial charge in [0.15, 0.2) is 0 Å². The number of rotatable bonds is 6. The van der Waals surface area contributed by atoms with E-state index in [1.165, 1.54) is 4.90 Å². The van der Waals surface area contributed by atoms with Gasteiger partial charge in [-0.1, -0.05) is 37.3 Å². The van der Waals surface area contributed by atoms with Gasteiger partial charge in [-0.2, -0.15) is 0 Å². The summed E-state index contributed by atoms with van der Waals surface area (Å²) in [6.45, 7) is 4.34. The molecule has 0 aliphatic carbocycles. The van der Waals surface area contributed by atoms with E-state index in [1.807, 2.05) is 60.3 Å². The zero-order chi connectivity index (χ0) is 20.2. The smallest absolute Gasteiger partial charge is 0.228 e. The Kier molecular flexibility index (Phi) is 5.92. The lowest BCUT2D eigenvalue weighted by Gasteiger charge is -2.08. The third-order valence-corrected chi connectivity index (χ3v) is 6.29. The Morgan fingerprint density at radius 1 is 1.07 bits per heavy atom. The van der Waals surface area contributed by atoms with Crippen molar-refractivity contribution in [2.24, 2.45) is 0 Å². The van der Waals surface area contributed by atoms with Crippen molar-refractivity contribution in [2.45, 2.75) is 30.4 Å². The minimum absolute atomic E-state index is 0.0220. The largest absolute Gasteiger partial charge is 0.326 e. The molecule has 0 fully saturated rings.